The molecule has 0 bridgehead atoms. The molecule has 0 aromatic heterocycles. The Morgan fingerprint density at radius 3 is 1.52 bits per heavy atom. The molecule has 12 N–H and O–H groups in total. The fourth-order valence-electron chi connectivity index (χ4n) is 4.33. The Labute approximate surface area is 267 Å². The maximum atomic E-state index is 13.4. The van der Waals surface area contributed by atoms with E-state index in [1.165, 1.54) is 0 Å². The first-order chi connectivity index (χ1) is 21.0. The van der Waals surface area contributed by atoms with Crippen molar-refractivity contribution >= 4 is 41.5 Å². The van der Waals surface area contributed by atoms with E-state index in [0.717, 1.165) is 5.56 Å². The van der Waals surface area contributed by atoms with E-state index in [4.69, 9.17) is 10.8 Å². The summed E-state index contributed by atoms with van der Waals surface area (Å²) in [6.07, 6.45) is -1.58. The average Bonchev–Trinajstić information content (AvgIpc) is 2.94. The molecular formula is C30H48N6O10. The monoisotopic (exact) mass is 652 g/mol. The molecule has 0 fully saturated rings. The number of hydrogen-bond acceptors (Lipinski definition) is 9. The maximum Gasteiger partial charge on any atom is 0.326 e. The van der Waals surface area contributed by atoms with Crippen LogP contribution in [0.25, 0.3) is 0 Å². The summed E-state index contributed by atoms with van der Waals surface area (Å²) in [5.74, 6) is -7.91. The van der Waals surface area contributed by atoms with E-state index >= 15 is 0 Å². The Morgan fingerprint density at radius 1 is 0.674 bits per heavy atom. The number of aliphatic carboxylic acids is 3. The van der Waals surface area contributed by atoms with Crippen molar-refractivity contribution < 1.29 is 48.9 Å². The average molecular weight is 653 g/mol. The Morgan fingerprint density at radius 2 is 1.11 bits per heavy atom. The molecule has 0 radical (unpaired) electrons. The van der Waals surface area contributed by atoms with E-state index in [0.29, 0.717) is 0 Å². The van der Waals surface area contributed by atoms with Crippen molar-refractivity contribution in [1.82, 2.24) is 27.4 Å². The molecule has 0 spiro atoms. The minimum atomic E-state index is -1.51. The van der Waals surface area contributed by atoms with Gasteiger partial charge in [0.2, 0.25) is 23.6 Å². The molecule has 1 aromatic rings. The third-order valence-corrected chi connectivity index (χ3v) is 6.77. The highest BCUT2D eigenvalue weighted by atomic mass is 16.4. The zero-order valence-corrected chi connectivity index (χ0v) is 26.7. The lowest BCUT2D eigenvalue weighted by atomic mass is 10.0. The molecule has 0 aliphatic carbocycles. The zero-order chi connectivity index (χ0) is 34.3. The highest BCUT2D eigenvalue weighted by Gasteiger charge is 2.33. The van der Waals surface area contributed by atoms with Crippen LogP contribution in [0.4, 0.5) is 0 Å². The summed E-state index contributed by atoms with van der Waals surface area (Å²) in [5.41, 5.74) is 6.88. The largest absolute Gasteiger partial charge is 0.481 e. The molecule has 0 saturated heterocycles. The Balaban J connectivity index is 0.0000202. The van der Waals surface area contributed by atoms with Crippen molar-refractivity contribution in [1.29, 1.82) is 0 Å². The molecule has 0 aliphatic heterocycles. The van der Waals surface area contributed by atoms with E-state index < -0.39 is 103 Å². The number of hydrogen-bond donors (Lipinski definition) is 9. The van der Waals surface area contributed by atoms with Gasteiger partial charge in [0.05, 0.1) is 6.04 Å². The van der Waals surface area contributed by atoms with Crippen LogP contribution in [-0.2, 0) is 40.0 Å². The Bertz CT molecular complexity index is 1190. The Hall–Kier alpha value is -4.57. The van der Waals surface area contributed by atoms with Gasteiger partial charge in [-0.2, -0.15) is 0 Å². The van der Waals surface area contributed by atoms with Gasteiger partial charge in [-0.1, -0.05) is 58.0 Å². The van der Waals surface area contributed by atoms with Crippen molar-refractivity contribution in [3.8, 4) is 0 Å². The van der Waals surface area contributed by atoms with Crippen LogP contribution in [0.2, 0.25) is 0 Å². The number of carbonyl (C=O) groups is 7. The van der Waals surface area contributed by atoms with Crippen molar-refractivity contribution in [3.63, 3.8) is 0 Å². The predicted octanol–water partition coefficient (Wildman–Crippen LogP) is 0.174. The van der Waals surface area contributed by atoms with Gasteiger partial charge in [-0.05, 0) is 43.1 Å². The van der Waals surface area contributed by atoms with Crippen LogP contribution in [0.1, 0.15) is 65.4 Å². The molecular weight excluding hydrogens is 604 g/mol. The van der Waals surface area contributed by atoms with Gasteiger partial charge in [0, 0.05) is 12.8 Å². The fourth-order valence-corrected chi connectivity index (χ4v) is 4.33. The SMILES string of the molecule is CC(C)CC(NC(=O)C(N)Cc1ccccc1)C(=O)NC(CCC(=O)O)C(=O)NC(CCC(=O)O)C(=O)NC(C(=O)O)C(C)C.N. The second-order valence-corrected chi connectivity index (χ2v) is 11.5. The summed E-state index contributed by atoms with van der Waals surface area (Å²) in [6.45, 7) is 6.70. The number of carboxylic acids is 3. The van der Waals surface area contributed by atoms with E-state index in [2.05, 4.69) is 21.3 Å². The van der Waals surface area contributed by atoms with Crippen molar-refractivity contribution in [3.05, 3.63) is 35.9 Å². The van der Waals surface area contributed by atoms with E-state index in [1.54, 1.807) is 52.0 Å². The van der Waals surface area contributed by atoms with Gasteiger partial charge in [0.25, 0.3) is 0 Å². The van der Waals surface area contributed by atoms with Crippen LogP contribution in [0.5, 0.6) is 0 Å². The summed E-state index contributed by atoms with van der Waals surface area (Å²) in [4.78, 5) is 86.6. The summed E-state index contributed by atoms with van der Waals surface area (Å²) in [7, 11) is 0. The van der Waals surface area contributed by atoms with E-state index in [9.17, 15) is 43.8 Å². The predicted molar refractivity (Wildman–Crippen MR) is 167 cm³/mol. The molecule has 4 amide bonds. The third-order valence-electron chi connectivity index (χ3n) is 6.77. The molecule has 258 valence electrons. The summed E-state index contributed by atoms with van der Waals surface area (Å²) in [5, 5.41) is 37.4. The third kappa shape index (κ3) is 15.4. The smallest absolute Gasteiger partial charge is 0.326 e. The summed E-state index contributed by atoms with van der Waals surface area (Å²) >= 11 is 0. The van der Waals surface area contributed by atoms with Crippen molar-refractivity contribution in [2.24, 2.45) is 17.6 Å². The molecule has 46 heavy (non-hydrogen) atoms. The van der Waals surface area contributed by atoms with Crippen molar-refractivity contribution in [2.45, 2.75) is 96.4 Å². The van der Waals surface area contributed by atoms with Gasteiger partial charge < -0.3 is 48.5 Å². The number of nitrogens with two attached hydrogens (primary N) is 1. The first-order valence-corrected chi connectivity index (χ1v) is 14.7. The number of carbonyl (C=O) groups excluding carboxylic acids is 4. The van der Waals surface area contributed by atoms with Crippen LogP contribution < -0.4 is 33.2 Å². The van der Waals surface area contributed by atoms with E-state index in [1.807, 2.05) is 6.07 Å². The number of rotatable bonds is 20. The zero-order valence-electron chi connectivity index (χ0n) is 26.7. The molecule has 1 rings (SSSR count). The Kier molecular flexibility index (Phi) is 18.4. The second kappa shape index (κ2) is 20.5. The van der Waals surface area contributed by atoms with Gasteiger partial charge >= 0.3 is 17.9 Å². The lowest BCUT2D eigenvalue weighted by molar-refractivity contribution is -0.144. The van der Waals surface area contributed by atoms with Crippen molar-refractivity contribution in [2.75, 3.05) is 0 Å². The van der Waals surface area contributed by atoms with Gasteiger partial charge in [0.15, 0.2) is 0 Å². The van der Waals surface area contributed by atoms with Crippen LogP contribution in [0, 0.1) is 11.8 Å². The van der Waals surface area contributed by atoms with Gasteiger partial charge in [0.1, 0.15) is 24.2 Å². The number of benzene rings is 1. The van der Waals surface area contributed by atoms with Crippen LogP contribution in [-0.4, -0.2) is 87.1 Å². The lowest BCUT2D eigenvalue weighted by Crippen LogP contribution is -2.59. The van der Waals surface area contributed by atoms with Gasteiger partial charge in [-0.3, -0.25) is 28.8 Å². The fraction of sp³-hybridized carbons (Fsp3) is 0.567. The second-order valence-electron chi connectivity index (χ2n) is 11.5. The van der Waals surface area contributed by atoms with Crippen LogP contribution >= 0.6 is 0 Å². The number of nitrogens with one attached hydrogen (secondary N) is 4. The highest BCUT2D eigenvalue weighted by Crippen LogP contribution is 2.10. The van der Waals surface area contributed by atoms with Crippen LogP contribution in [0.15, 0.2) is 30.3 Å². The quantitative estimate of drug-likeness (QED) is 0.0911. The summed E-state index contributed by atoms with van der Waals surface area (Å²) < 4.78 is 0. The first kappa shape index (κ1) is 41.4. The molecule has 0 saturated carbocycles. The molecule has 1 aromatic carbocycles. The number of amides is 4. The lowest BCUT2D eigenvalue weighted by Gasteiger charge is -2.27. The van der Waals surface area contributed by atoms with Gasteiger partial charge in [-0.15, -0.1) is 0 Å². The minimum Gasteiger partial charge on any atom is -0.481 e. The summed E-state index contributed by atoms with van der Waals surface area (Å²) in [6, 6.07) is 2.51. The normalized spacial score (nSPS) is 14.1. The topological polar surface area (TPSA) is 289 Å². The number of carboxylic acid groups (broad SMARTS) is 3. The molecule has 0 heterocycles. The molecule has 16 nitrogen and oxygen atoms in total. The highest BCUT2D eigenvalue weighted by molar-refractivity contribution is 5.95. The molecule has 16 heteroatoms. The van der Waals surface area contributed by atoms with E-state index in [-0.39, 0.29) is 24.9 Å². The first-order valence-electron chi connectivity index (χ1n) is 14.7. The minimum absolute atomic E-state index is 0. The maximum absolute atomic E-state index is 13.4. The molecule has 5 atom stereocenters. The molecule has 5 unspecified atom stereocenters. The van der Waals surface area contributed by atoms with Gasteiger partial charge in [-0.25, -0.2) is 4.79 Å². The standard InChI is InChI=1S/C30H45N5O10.H3N/c1-16(2)14-22(34-26(40)19(31)15-18-8-6-5-7-9-18)29(43)33-20(10-12-23(36)37)27(41)32-21(11-13-24(38)39)28(42)35-25(17(3)4)30(44)45;/h5-9,16-17,19-22,25H,10-15,31H2,1-4H3,(H,32,41)(H,33,43)(H,34,40)(H,35,42)(H,36,37)(H,38,39)(H,44,45);1H3. The van der Waals surface area contributed by atoms with Crippen LogP contribution in [0.3, 0.4) is 0 Å². The molecule has 0 aliphatic rings.